The fourth-order valence-corrected chi connectivity index (χ4v) is 3.56. The van der Waals surface area contributed by atoms with Crippen molar-refractivity contribution in [3.8, 4) is 22.8 Å². The Morgan fingerprint density at radius 3 is 2.03 bits per heavy atom. The summed E-state index contributed by atoms with van der Waals surface area (Å²) in [6.45, 7) is 10.2. The summed E-state index contributed by atoms with van der Waals surface area (Å²) in [5.74, 6) is 0.234. The Bertz CT molecular complexity index is 1190. The number of alkyl halides is 1. The molecule has 0 fully saturated rings. The predicted molar refractivity (Wildman–Crippen MR) is 140 cm³/mol. The number of H-pyrrole nitrogens is 1. The first-order valence-corrected chi connectivity index (χ1v) is 12.7. The van der Waals surface area contributed by atoms with Crippen molar-refractivity contribution in [1.29, 1.82) is 0 Å². The van der Waals surface area contributed by atoms with Crippen LogP contribution >= 0.6 is 31.9 Å². The van der Waals surface area contributed by atoms with E-state index in [1.54, 1.807) is 47.7 Å². The van der Waals surface area contributed by atoms with E-state index in [1.807, 2.05) is 24.3 Å². The molecule has 0 spiro atoms. The van der Waals surface area contributed by atoms with Gasteiger partial charge in [0.15, 0.2) is 17.3 Å². The van der Waals surface area contributed by atoms with Gasteiger partial charge in [0, 0.05) is 5.33 Å². The van der Waals surface area contributed by atoms with E-state index in [-0.39, 0.29) is 11.5 Å². The van der Waals surface area contributed by atoms with Crippen LogP contribution in [-0.4, -0.2) is 43.3 Å². The maximum Gasteiger partial charge on any atom is 0.425 e. The molecule has 0 bridgehead atoms. The quantitative estimate of drug-likeness (QED) is 0.322. The van der Waals surface area contributed by atoms with Crippen LogP contribution < -0.4 is 4.90 Å². The van der Waals surface area contributed by atoms with Crippen molar-refractivity contribution in [2.75, 3.05) is 4.90 Å². The van der Waals surface area contributed by atoms with Crippen LogP contribution in [0.4, 0.5) is 15.4 Å². The van der Waals surface area contributed by atoms with Gasteiger partial charge >= 0.3 is 12.2 Å². The molecule has 2 heterocycles. The van der Waals surface area contributed by atoms with Gasteiger partial charge in [-0.15, -0.1) is 0 Å². The number of anilines is 1. The summed E-state index contributed by atoms with van der Waals surface area (Å²) >= 11 is 6.75. The number of aromatic amines is 1. The number of aromatic nitrogens is 4. The van der Waals surface area contributed by atoms with Gasteiger partial charge in [0.1, 0.15) is 15.8 Å². The highest BCUT2D eigenvalue weighted by molar-refractivity contribution is 9.10. The molecule has 0 aliphatic carbocycles. The predicted octanol–water partition coefficient (Wildman–Crippen LogP) is 6.87. The maximum absolute atomic E-state index is 13.1. The highest BCUT2D eigenvalue weighted by atomic mass is 79.9. The molecular weight excluding hydrogens is 582 g/mol. The molecule has 0 aliphatic heterocycles. The summed E-state index contributed by atoms with van der Waals surface area (Å²) in [5.41, 5.74) is 1.22. The smallest absolute Gasteiger partial charge is 0.425 e. The molecule has 0 aliphatic rings. The Morgan fingerprint density at radius 1 is 0.943 bits per heavy atom. The Balaban J connectivity index is 2.09. The maximum atomic E-state index is 13.1. The second-order valence-corrected chi connectivity index (χ2v) is 11.0. The summed E-state index contributed by atoms with van der Waals surface area (Å²) in [7, 11) is 0. The topological polar surface area (TPSA) is 110 Å². The number of carbonyl (C=O) groups is 2. The third-order valence-electron chi connectivity index (χ3n) is 4.31. The highest BCUT2D eigenvalue weighted by Crippen LogP contribution is 2.31. The molecule has 1 N–H and O–H groups in total. The summed E-state index contributed by atoms with van der Waals surface area (Å²) in [6, 6.07) is 7.94. The molecule has 35 heavy (non-hydrogen) atoms. The van der Waals surface area contributed by atoms with Crippen LogP contribution in [0.2, 0.25) is 0 Å². The monoisotopic (exact) mass is 607 g/mol. The van der Waals surface area contributed by atoms with Gasteiger partial charge in [0.05, 0.1) is 18.1 Å². The van der Waals surface area contributed by atoms with E-state index in [9.17, 15) is 9.59 Å². The number of carbonyl (C=O) groups excluding carboxylic acids is 2. The van der Waals surface area contributed by atoms with Crippen LogP contribution in [0.5, 0.6) is 0 Å². The third-order valence-corrected chi connectivity index (χ3v) is 5.34. The van der Waals surface area contributed by atoms with E-state index in [1.165, 1.54) is 6.20 Å². The summed E-state index contributed by atoms with van der Waals surface area (Å²) in [6.07, 6.45) is 1.14. The van der Waals surface area contributed by atoms with E-state index in [0.29, 0.717) is 10.4 Å². The van der Waals surface area contributed by atoms with Crippen molar-refractivity contribution in [2.24, 2.45) is 0 Å². The first-order chi connectivity index (χ1) is 16.3. The van der Waals surface area contributed by atoms with Crippen molar-refractivity contribution in [3.63, 3.8) is 0 Å². The standard InChI is InChI=1S/C24H27Br2N5O4/c1-23(2,3)34-21(32)31(22(33)35-24(4,5)6)20-18(30-17(26)13-28-20)19-27-12-16(29-19)15-9-7-14(11-25)8-10-15/h7-10,12-13H,11H2,1-6H3,(H,27,29). The molecule has 186 valence electrons. The largest absolute Gasteiger partial charge is 0.443 e. The number of imidazole rings is 1. The zero-order valence-corrected chi connectivity index (χ0v) is 23.5. The zero-order chi connectivity index (χ0) is 26.0. The van der Waals surface area contributed by atoms with Crippen molar-refractivity contribution in [3.05, 3.63) is 46.8 Å². The molecule has 1 aromatic carbocycles. The molecule has 11 heteroatoms. The van der Waals surface area contributed by atoms with E-state index in [4.69, 9.17) is 9.47 Å². The Kier molecular flexibility index (Phi) is 8.00. The van der Waals surface area contributed by atoms with Crippen LogP contribution in [0.25, 0.3) is 22.8 Å². The van der Waals surface area contributed by atoms with Crippen molar-refractivity contribution < 1.29 is 19.1 Å². The first-order valence-electron chi connectivity index (χ1n) is 10.8. The first kappa shape index (κ1) is 26.8. The molecule has 0 saturated heterocycles. The van der Waals surface area contributed by atoms with Gasteiger partial charge in [-0.2, -0.15) is 4.90 Å². The average Bonchev–Trinajstić information content (AvgIpc) is 3.22. The lowest BCUT2D eigenvalue weighted by molar-refractivity contribution is 0.0429. The van der Waals surface area contributed by atoms with Crippen LogP contribution in [0, 0.1) is 0 Å². The van der Waals surface area contributed by atoms with E-state index in [2.05, 4.69) is 51.8 Å². The Morgan fingerprint density at radius 2 is 1.51 bits per heavy atom. The van der Waals surface area contributed by atoms with E-state index < -0.39 is 23.4 Å². The molecule has 9 nitrogen and oxygen atoms in total. The normalized spacial score (nSPS) is 11.8. The SMILES string of the molecule is CC(C)(C)OC(=O)N(C(=O)OC(C)(C)C)c1ncc(Br)nc1-c1ncc(-c2ccc(CBr)cc2)[nH]1. The lowest BCUT2D eigenvalue weighted by atomic mass is 10.1. The molecule has 2 amide bonds. The van der Waals surface area contributed by atoms with Crippen LogP contribution in [-0.2, 0) is 14.8 Å². The van der Waals surface area contributed by atoms with Gasteiger partial charge in [0.2, 0.25) is 0 Å². The summed E-state index contributed by atoms with van der Waals surface area (Å²) in [5, 5.41) is 0.754. The van der Waals surface area contributed by atoms with Crippen molar-refractivity contribution in [2.45, 2.75) is 58.1 Å². The molecule has 0 radical (unpaired) electrons. The van der Waals surface area contributed by atoms with Crippen molar-refractivity contribution in [1.82, 2.24) is 19.9 Å². The highest BCUT2D eigenvalue weighted by Gasteiger charge is 2.36. The van der Waals surface area contributed by atoms with Gasteiger partial charge in [-0.05, 0) is 68.6 Å². The van der Waals surface area contributed by atoms with Crippen molar-refractivity contribution >= 4 is 49.9 Å². The van der Waals surface area contributed by atoms with Gasteiger partial charge in [-0.1, -0.05) is 40.2 Å². The number of halogens is 2. The third kappa shape index (κ3) is 7.11. The van der Waals surface area contributed by atoms with Crippen LogP contribution in [0.3, 0.4) is 0 Å². The lowest BCUT2D eigenvalue weighted by Gasteiger charge is -2.28. The molecule has 3 rings (SSSR count). The minimum atomic E-state index is -0.943. The lowest BCUT2D eigenvalue weighted by Crippen LogP contribution is -2.44. The number of ether oxygens (including phenoxy) is 2. The van der Waals surface area contributed by atoms with Crippen LogP contribution in [0.1, 0.15) is 47.1 Å². The number of imide groups is 1. The number of hydrogen-bond acceptors (Lipinski definition) is 7. The molecule has 0 atom stereocenters. The average molecular weight is 609 g/mol. The second-order valence-electron chi connectivity index (χ2n) is 9.64. The Labute approximate surface area is 220 Å². The summed E-state index contributed by atoms with van der Waals surface area (Å²) in [4.78, 5) is 43.4. The molecular formula is C24H27Br2N5O4. The number of nitrogens with one attached hydrogen (secondary N) is 1. The number of hydrogen-bond donors (Lipinski definition) is 1. The zero-order valence-electron chi connectivity index (χ0n) is 20.3. The van der Waals surface area contributed by atoms with E-state index >= 15 is 0 Å². The number of benzene rings is 1. The molecule has 2 aromatic heterocycles. The molecule has 3 aromatic rings. The minimum Gasteiger partial charge on any atom is -0.443 e. The summed E-state index contributed by atoms with van der Waals surface area (Å²) < 4.78 is 11.4. The molecule has 0 unspecified atom stereocenters. The number of amides is 2. The van der Waals surface area contributed by atoms with Crippen LogP contribution in [0.15, 0.2) is 41.3 Å². The van der Waals surface area contributed by atoms with Gasteiger partial charge in [-0.25, -0.2) is 24.5 Å². The fraction of sp³-hybridized carbons (Fsp3) is 0.375. The second kappa shape index (κ2) is 10.4. The molecule has 0 saturated carbocycles. The fourth-order valence-electron chi connectivity index (χ4n) is 2.91. The Hall–Kier alpha value is -2.79. The minimum absolute atomic E-state index is 0.0766. The number of rotatable bonds is 4. The van der Waals surface area contributed by atoms with Gasteiger partial charge < -0.3 is 14.5 Å². The van der Waals surface area contributed by atoms with Gasteiger partial charge in [0.25, 0.3) is 0 Å². The van der Waals surface area contributed by atoms with Gasteiger partial charge in [-0.3, -0.25) is 0 Å². The van der Waals surface area contributed by atoms with E-state index in [0.717, 1.165) is 27.1 Å². The number of nitrogens with zero attached hydrogens (tertiary/aromatic N) is 4.